The van der Waals surface area contributed by atoms with Gasteiger partial charge in [-0.3, -0.25) is 0 Å². The molecule has 2 aromatic rings. The van der Waals surface area contributed by atoms with Gasteiger partial charge in [-0.15, -0.1) is 22.9 Å². The molecule has 0 aliphatic rings. The third-order valence-corrected chi connectivity index (χ3v) is 7.56. The fourth-order valence-electron chi connectivity index (χ4n) is 1.76. The van der Waals surface area contributed by atoms with Crippen molar-refractivity contribution in [2.75, 3.05) is 5.88 Å². The van der Waals surface area contributed by atoms with Gasteiger partial charge in [0.25, 0.3) is 0 Å². The van der Waals surface area contributed by atoms with E-state index in [1.807, 2.05) is 30.3 Å². The van der Waals surface area contributed by atoms with E-state index in [-0.39, 0.29) is 16.1 Å². The van der Waals surface area contributed by atoms with Crippen LogP contribution in [0.2, 0.25) is 5.02 Å². The van der Waals surface area contributed by atoms with E-state index in [4.69, 9.17) is 23.2 Å². The third kappa shape index (κ3) is 4.68. The van der Waals surface area contributed by atoms with E-state index in [1.54, 1.807) is 0 Å². The number of sulfonamides is 1. The van der Waals surface area contributed by atoms with Gasteiger partial charge in [0.05, 0.1) is 8.81 Å². The molecule has 114 valence electrons. The molecular formula is C13H12BrCl2NO2S2. The molecule has 1 heterocycles. The molecule has 1 unspecified atom stereocenters. The van der Waals surface area contributed by atoms with Gasteiger partial charge in [-0.2, -0.15) is 0 Å². The van der Waals surface area contributed by atoms with Crippen LogP contribution in [0.4, 0.5) is 0 Å². The Balaban J connectivity index is 2.14. The van der Waals surface area contributed by atoms with Gasteiger partial charge in [0.15, 0.2) is 0 Å². The molecule has 1 aromatic heterocycles. The van der Waals surface area contributed by atoms with Crippen LogP contribution in [0.3, 0.4) is 0 Å². The molecule has 0 fully saturated rings. The lowest BCUT2D eigenvalue weighted by Gasteiger charge is -2.15. The van der Waals surface area contributed by atoms with E-state index in [9.17, 15) is 8.42 Å². The van der Waals surface area contributed by atoms with Gasteiger partial charge in [-0.1, -0.05) is 41.9 Å². The number of hydrogen-bond acceptors (Lipinski definition) is 3. The molecule has 0 spiro atoms. The van der Waals surface area contributed by atoms with Crippen molar-refractivity contribution in [1.29, 1.82) is 0 Å². The topological polar surface area (TPSA) is 46.2 Å². The summed E-state index contributed by atoms with van der Waals surface area (Å²) in [7, 11) is -3.62. The third-order valence-electron chi connectivity index (χ3n) is 2.72. The monoisotopic (exact) mass is 427 g/mol. The fraction of sp³-hybridized carbons (Fsp3) is 0.231. The summed E-state index contributed by atoms with van der Waals surface area (Å²) in [4.78, 5) is 0. The van der Waals surface area contributed by atoms with Crippen LogP contribution in [0.25, 0.3) is 0 Å². The molecule has 0 aliphatic carbocycles. The Bertz CT molecular complexity index is 685. The minimum absolute atomic E-state index is 0.169. The van der Waals surface area contributed by atoms with Crippen molar-refractivity contribution in [2.45, 2.75) is 16.7 Å². The van der Waals surface area contributed by atoms with Crippen molar-refractivity contribution in [3.63, 3.8) is 0 Å². The summed E-state index contributed by atoms with van der Waals surface area (Å²) in [5, 5.41) is 0.380. The first-order valence-electron chi connectivity index (χ1n) is 5.99. The summed E-state index contributed by atoms with van der Waals surface area (Å²) in [6.45, 7) is 0. The Hall–Kier alpha value is -0.110. The lowest BCUT2D eigenvalue weighted by molar-refractivity contribution is 0.563. The second-order valence-electron chi connectivity index (χ2n) is 4.35. The molecule has 3 nitrogen and oxygen atoms in total. The summed E-state index contributed by atoms with van der Waals surface area (Å²) in [5.41, 5.74) is 1.02. The Morgan fingerprint density at radius 2 is 1.95 bits per heavy atom. The first kappa shape index (κ1) is 17.2. The molecule has 21 heavy (non-hydrogen) atoms. The van der Waals surface area contributed by atoms with Crippen LogP contribution in [-0.4, -0.2) is 20.3 Å². The quantitative estimate of drug-likeness (QED) is 0.697. The molecule has 0 aliphatic heterocycles. The van der Waals surface area contributed by atoms with Crippen LogP contribution in [0, 0.1) is 0 Å². The van der Waals surface area contributed by atoms with E-state index in [0.717, 1.165) is 16.9 Å². The van der Waals surface area contributed by atoms with E-state index < -0.39 is 10.0 Å². The summed E-state index contributed by atoms with van der Waals surface area (Å²) >= 11 is 16.1. The highest BCUT2D eigenvalue weighted by molar-refractivity contribution is 9.11. The van der Waals surface area contributed by atoms with Crippen molar-refractivity contribution in [3.8, 4) is 0 Å². The Morgan fingerprint density at radius 3 is 2.48 bits per heavy atom. The van der Waals surface area contributed by atoms with E-state index in [0.29, 0.717) is 15.2 Å². The summed E-state index contributed by atoms with van der Waals surface area (Å²) in [6.07, 6.45) is 0.532. The van der Waals surface area contributed by atoms with Gasteiger partial charge in [0.2, 0.25) is 10.0 Å². The van der Waals surface area contributed by atoms with Gasteiger partial charge < -0.3 is 0 Å². The van der Waals surface area contributed by atoms with Crippen LogP contribution in [0.1, 0.15) is 5.56 Å². The van der Waals surface area contributed by atoms with E-state index >= 15 is 0 Å². The largest absolute Gasteiger partial charge is 0.250 e. The first-order chi connectivity index (χ1) is 9.92. The molecule has 0 radical (unpaired) electrons. The SMILES string of the molecule is O=S(=O)(NC(CCl)Cc1ccccc1)c1cc(Cl)c(Br)s1. The molecule has 1 atom stereocenters. The van der Waals surface area contributed by atoms with Crippen LogP contribution < -0.4 is 4.72 Å². The van der Waals surface area contributed by atoms with E-state index in [2.05, 4.69) is 20.7 Å². The second kappa shape index (κ2) is 7.44. The zero-order valence-corrected chi connectivity index (χ0v) is 15.5. The molecule has 2 rings (SSSR count). The normalized spacial score (nSPS) is 13.3. The summed E-state index contributed by atoms with van der Waals surface area (Å²) < 4.78 is 28.0. The van der Waals surface area contributed by atoms with Gasteiger partial charge in [0.1, 0.15) is 4.21 Å². The highest BCUT2D eigenvalue weighted by Crippen LogP contribution is 2.34. The lowest BCUT2D eigenvalue weighted by Crippen LogP contribution is -2.37. The van der Waals surface area contributed by atoms with Crippen LogP contribution in [0.15, 0.2) is 44.4 Å². The van der Waals surface area contributed by atoms with Gasteiger partial charge >= 0.3 is 0 Å². The number of hydrogen-bond donors (Lipinski definition) is 1. The molecule has 0 amide bonds. The first-order valence-corrected chi connectivity index (χ1v) is 10.00. The van der Waals surface area contributed by atoms with Gasteiger partial charge in [0, 0.05) is 11.9 Å². The summed E-state index contributed by atoms with van der Waals surface area (Å²) in [6, 6.07) is 10.6. The number of thiophene rings is 1. The maximum atomic E-state index is 12.3. The number of benzene rings is 1. The maximum Gasteiger partial charge on any atom is 0.250 e. The molecule has 0 bridgehead atoms. The average molecular weight is 429 g/mol. The molecule has 1 aromatic carbocycles. The van der Waals surface area contributed by atoms with Crippen molar-refractivity contribution in [2.24, 2.45) is 0 Å². The van der Waals surface area contributed by atoms with Crippen molar-refractivity contribution in [1.82, 2.24) is 4.72 Å². The molecule has 1 N–H and O–H groups in total. The average Bonchev–Trinajstić information content (AvgIpc) is 2.80. The number of rotatable bonds is 6. The predicted molar refractivity (Wildman–Crippen MR) is 92.0 cm³/mol. The molecule has 8 heteroatoms. The Kier molecular flexibility index (Phi) is 6.11. The molecule has 0 saturated heterocycles. The van der Waals surface area contributed by atoms with Crippen molar-refractivity contribution in [3.05, 3.63) is 50.8 Å². The maximum absolute atomic E-state index is 12.3. The highest BCUT2D eigenvalue weighted by atomic mass is 79.9. The second-order valence-corrected chi connectivity index (χ2v) is 9.38. The standard InChI is InChI=1S/C13H12BrCl2NO2S2/c14-13-11(16)7-12(20-13)21(18,19)17-10(8-15)6-9-4-2-1-3-5-9/h1-5,7,10,17H,6,8H2. The van der Waals surface area contributed by atoms with Crippen LogP contribution in [0.5, 0.6) is 0 Å². The van der Waals surface area contributed by atoms with Gasteiger partial charge in [-0.25, -0.2) is 13.1 Å². The van der Waals surface area contributed by atoms with E-state index in [1.165, 1.54) is 6.07 Å². The number of nitrogens with one attached hydrogen (secondary N) is 1. The zero-order valence-electron chi connectivity index (χ0n) is 10.7. The predicted octanol–water partition coefficient (Wildman–Crippen LogP) is 4.29. The highest BCUT2D eigenvalue weighted by Gasteiger charge is 2.23. The minimum Gasteiger partial charge on any atom is -0.206 e. The lowest BCUT2D eigenvalue weighted by atomic mass is 10.1. The van der Waals surface area contributed by atoms with Crippen LogP contribution >= 0.6 is 50.5 Å². The molecular weight excluding hydrogens is 417 g/mol. The fourth-order valence-corrected chi connectivity index (χ4v) is 5.69. The summed E-state index contributed by atoms with van der Waals surface area (Å²) in [5.74, 6) is 0.189. The zero-order chi connectivity index (χ0) is 15.5. The smallest absolute Gasteiger partial charge is 0.206 e. The molecule has 0 saturated carbocycles. The number of alkyl halides is 1. The minimum atomic E-state index is -3.62. The Labute approximate surface area is 146 Å². The number of halogens is 3. The van der Waals surface area contributed by atoms with Crippen molar-refractivity contribution < 1.29 is 8.42 Å². The van der Waals surface area contributed by atoms with Crippen LogP contribution in [-0.2, 0) is 16.4 Å². The Morgan fingerprint density at radius 1 is 1.29 bits per heavy atom. The van der Waals surface area contributed by atoms with Gasteiger partial charge in [-0.05, 0) is 34.0 Å². The van der Waals surface area contributed by atoms with Crippen molar-refractivity contribution >= 4 is 60.5 Å².